The number of hydrogen-bond acceptors (Lipinski definition) is 23. The number of aromatic hydroxyl groups is 4. The molecule has 4 aromatic rings. The summed E-state index contributed by atoms with van der Waals surface area (Å²) in [7, 11) is 3.15. The molecule has 3 unspecified atom stereocenters. The third-order valence-corrected chi connectivity index (χ3v) is 16.4. The quantitative estimate of drug-likeness (QED) is 0.0443. The van der Waals surface area contributed by atoms with Crippen molar-refractivity contribution in [3.05, 3.63) is 117 Å². The lowest BCUT2D eigenvalue weighted by Crippen LogP contribution is -2.49. The van der Waals surface area contributed by atoms with Crippen LogP contribution in [0.5, 0.6) is 23.0 Å². The average Bonchev–Trinajstić information content (AvgIpc) is 0.882. The Kier molecular flexibility index (Phi) is 35.6. The van der Waals surface area contributed by atoms with Crippen LogP contribution >= 0.6 is 0 Å². The number of amides is 8. The lowest BCUT2D eigenvalue weighted by Gasteiger charge is -2.31. The van der Waals surface area contributed by atoms with Crippen molar-refractivity contribution in [2.45, 2.75) is 25.3 Å². The zero-order valence-electron chi connectivity index (χ0n) is 56.7. The number of para-hydroxylation sites is 4. The second kappa shape index (κ2) is 44.4. The van der Waals surface area contributed by atoms with Crippen LogP contribution in [0.1, 0.15) is 102 Å². The van der Waals surface area contributed by atoms with Crippen LogP contribution in [-0.4, -0.2) is 305 Å². The zero-order valence-corrected chi connectivity index (χ0v) is 56.7. The van der Waals surface area contributed by atoms with Gasteiger partial charge in [-0.2, -0.15) is 0 Å². The first-order valence-electron chi connectivity index (χ1n) is 33.5. The minimum absolute atomic E-state index is 0.0219. The number of hydrogen-bond donors (Lipinski definition) is 13. The SMILES string of the molecule is COCCOCCOCCN1CCNC(=O)c2cccc(c2O)C(=O)NCCN2CCNC(=O)c3cccc(c3O)C(=O)NCCN(CCOCCOCCOC)CCNC(=O)c3cccc(c3O)C(=O)NC(CCCCN)CN(CCNC(=O)c3cccc(c3O)C(=O)NCC1)CC2. The summed E-state index contributed by atoms with van der Waals surface area (Å²) < 4.78 is 32.6. The highest BCUT2D eigenvalue weighted by Crippen LogP contribution is 2.26. The summed E-state index contributed by atoms with van der Waals surface area (Å²) in [4.78, 5) is 119. The number of phenolic OH excluding ortho intramolecular Hbond substituents is 4. The van der Waals surface area contributed by atoms with Crippen LogP contribution in [0.15, 0.2) is 72.8 Å². The molecule has 99 heavy (non-hydrogen) atoms. The molecule has 0 aromatic heterocycles. The van der Waals surface area contributed by atoms with E-state index in [4.69, 9.17) is 34.2 Å². The number of nitrogens with one attached hydrogen (secondary N) is 8. The van der Waals surface area contributed by atoms with Crippen LogP contribution in [0.4, 0.5) is 0 Å². The maximum atomic E-state index is 14.4. The number of carbonyl (C=O) groups excluding carboxylic acids is 8. The van der Waals surface area contributed by atoms with Crippen LogP contribution in [0.2, 0.25) is 0 Å². The Morgan fingerprint density at radius 1 is 0.364 bits per heavy atom. The van der Waals surface area contributed by atoms with E-state index in [1.165, 1.54) is 72.8 Å². The summed E-state index contributed by atoms with van der Waals surface area (Å²) in [5, 5.41) is 68.9. The topological polar surface area (TPSA) is 408 Å². The molecule has 544 valence electrons. The first-order valence-corrected chi connectivity index (χ1v) is 33.5. The number of methoxy groups -OCH3 is 2. The Morgan fingerprint density at radius 2 is 0.636 bits per heavy atom. The Morgan fingerprint density at radius 3 is 0.949 bits per heavy atom. The minimum Gasteiger partial charge on any atom is -0.506 e. The first kappa shape index (κ1) is 79.4. The van der Waals surface area contributed by atoms with E-state index in [2.05, 4.69) is 42.5 Å². The molecule has 0 fully saturated rings. The summed E-state index contributed by atoms with van der Waals surface area (Å²) in [6, 6.07) is 16.3. The standard InChI is InChI=1S/C68H99N13O18/c1-94-39-41-98-45-43-96-37-35-79-28-21-72-63(88)51-12-5-10-49(57(51)82)61(86)70-19-26-78-27-20-71-62(87)50-11-6-13-52(58(50)83)64(89)73-23-30-80(36-38-97-44-46-99-42-40-95-2)31-24-75-67(92)55-16-8-17-56(60(55)85)68(93)77-48(9-3-4-18-69)47-81(34-33-78)32-25-76-66(91)54-15-7-14-53(59(54)84)65(90)74-22-29-79/h5-8,10-17,48,82-85H,3-4,9,18-47,69H2,1-2H3,(H,70,86)(H,71,87)(H,72,88)(H,73,89)(H,74,90)(H,75,92)(H,76,91)(H,77,93). The fraction of sp³-hybridized carbons (Fsp3) is 0.529. The molecular weight excluding hydrogens is 1290 g/mol. The number of phenols is 4. The highest BCUT2D eigenvalue weighted by molar-refractivity contribution is 6.06. The van der Waals surface area contributed by atoms with Gasteiger partial charge in [0, 0.05) is 145 Å². The van der Waals surface area contributed by atoms with E-state index >= 15 is 0 Å². The van der Waals surface area contributed by atoms with Crippen LogP contribution in [0.3, 0.4) is 0 Å². The molecule has 2 aliphatic heterocycles. The third kappa shape index (κ3) is 26.9. The molecule has 0 radical (unpaired) electrons. The van der Waals surface area contributed by atoms with E-state index in [0.29, 0.717) is 91.8 Å². The van der Waals surface area contributed by atoms with Gasteiger partial charge in [0.2, 0.25) is 0 Å². The number of benzene rings is 4. The van der Waals surface area contributed by atoms with Crippen LogP contribution in [0, 0.1) is 0 Å². The van der Waals surface area contributed by atoms with E-state index in [1.807, 2.05) is 19.6 Å². The molecule has 4 aromatic carbocycles. The fourth-order valence-electron chi connectivity index (χ4n) is 10.8. The van der Waals surface area contributed by atoms with Crippen LogP contribution in [0.25, 0.3) is 0 Å². The molecule has 3 atom stereocenters. The van der Waals surface area contributed by atoms with Gasteiger partial charge in [-0.15, -0.1) is 0 Å². The van der Waals surface area contributed by atoms with Gasteiger partial charge < -0.3 is 97.1 Å². The van der Waals surface area contributed by atoms with E-state index in [1.54, 1.807) is 14.2 Å². The van der Waals surface area contributed by atoms with Crippen molar-refractivity contribution >= 4 is 47.3 Å². The predicted octanol–water partition coefficient (Wildman–Crippen LogP) is -0.460. The highest BCUT2D eigenvalue weighted by Gasteiger charge is 2.27. The maximum Gasteiger partial charge on any atom is 0.255 e. The molecule has 6 rings (SSSR count). The summed E-state index contributed by atoms with van der Waals surface area (Å²) in [5.74, 6) is -7.67. The maximum absolute atomic E-state index is 14.4. The lowest BCUT2D eigenvalue weighted by molar-refractivity contribution is 0.0196. The van der Waals surface area contributed by atoms with Gasteiger partial charge >= 0.3 is 0 Å². The van der Waals surface area contributed by atoms with Gasteiger partial charge in [-0.3, -0.25) is 58.0 Å². The fourth-order valence-corrected chi connectivity index (χ4v) is 10.8. The van der Waals surface area contributed by atoms with E-state index in [-0.39, 0.29) is 169 Å². The van der Waals surface area contributed by atoms with Gasteiger partial charge in [0.1, 0.15) is 23.0 Å². The van der Waals surface area contributed by atoms with Crippen molar-refractivity contribution in [2.24, 2.45) is 5.73 Å². The van der Waals surface area contributed by atoms with E-state index in [0.717, 1.165) is 0 Å². The van der Waals surface area contributed by atoms with Gasteiger partial charge in [-0.1, -0.05) is 30.7 Å². The summed E-state index contributed by atoms with van der Waals surface area (Å²) in [5.41, 5.74) is 4.62. The Labute approximate surface area is 577 Å². The first-order chi connectivity index (χ1) is 48.0. The number of unbranched alkanes of at least 4 members (excludes halogenated alkanes) is 1. The van der Waals surface area contributed by atoms with Gasteiger partial charge in [-0.25, -0.2) is 0 Å². The second-order valence-electron chi connectivity index (χ2n) is 23.3. The van der Waals surface area contributed by atoms with Gasteiger partial charge in [0.05, 0.1) is 111 Å². The Balaban J connectivity index is 1.31. The number of ether oxygens (including phenoxy) is 6. The molecule has 8 amide bonds. The Hall–Kier alpha value is -8.60. The average molecular weight is 1390 g/mol. The number of nitrogens with zero attached hydrogens (tertiary/aromatic N) is 4. The summed E-state index contributed by atoms with van der Waals surface area (Å²) >= 11 is 0. The largest absolute Gasteiger partial charge is 0.506 e. The molecule has 0 aliphatic carbocycles. The molecule has 14 N–H and O–H groups in total. The van der Waals surface area contributed by atoms with Crippen molar-refractivity contribution in [1.82, 2.24) is 62.1 Å². The van der Waals surface area contributed by atoms with Crippen molar-refractivity contribution in [2.75, 3.05) is 211 Å². The van der Waals surface area contributed by atoms with Gasteiger partial charge in [0.25, 0.3) is 47.3 Å². The minimum atomic E-state index is -0.697. The van der Waals surface area contributed by atoms with Crippen LogP contribution < -0.4 is 48.3 Å². The van der Waals surface area contributed by atoms with Crippen LogP contribution in [-0.2, 0) is 28.4 Å². The number of carbonyl (C=O) groups is 8. The molecule has 2 aliphatic rings. The lowest BCUT2D eigenvalue weighted by atomic mass is 10.0. The van der Waals surface area contributed by atoms with E-state index < -0.39 is 76.3 Å². The van der Waals surface area contributed by atoms with E-state index in [9.17, 15) is 58.8 Å². The molecule has 0 spiro atoms. The van der Waals surface area contributed by atoms with Crippen molar-refractivity contribution < 1.29 is 87.2 Å². The molecule has 31 heteroatoms. The number of nitrogens with two attached hydrogens (primary N) is 1. The number of fused-ring (bicyclic) bond motifs is 11. The van der Waals surface area contributed by atoms with Gasteiger partial charge in [0.15, 0.2) is 0 Å². The molecule has 2 heterocycles. The molecule has 31 nitrogen and oxygen atoms in total. The summed E-state index contributed by atoms with van der Waals surface area (Å²) in [6.07, 6.45) is 1.55. The summed E-state index contributed by atoms with van der Waals surface area (Å²) in [6.45, 7) is 6.79. The number of rotatable bonds is 22. The zero-order chi connectivity index (χ0) is 71.2. The molecular formula is C68H99N13O18. The molecule has 10 bridgehead atoms. The smallest absolute Gasteiger partial charge is 0.255 e. The van der Waals surface area contributed by atoms with Crippen molar-refractivity contribution in [1.29, 1.82) is 0 Å². The highest BCUT2D eigenvalue weighted by atomic mass is 16.5. The third-order valence-electron chi connectivity index (χ3n) is 16.4. The second-order valence-corrected chi connectivity index (χ2v) is 23.3. The van der Waals surface area contributed by atoms with Crippen molar-refractivity contribution in [3.8, 4) is 23.0 Å². The van der Waals surface area contributed by atoms with Crippen molar-refractivity contribution in [3.63, 3.8) is 0 Å². The molecule has 0 saturated heterocycles. The normalized spacial score (nSPS) is 18.8. The monoisotopic (exact) mass is 1390 g/mol. The molecule has 0 saturated carbocycles. The van der Waals surface area contributed by atoms with Gasteiger partial charge in [-0.05, 0) is 67.9 Å². The Bertz CT molecular complexity index is 3160. The predicted molar refractivity (Wildman–Crippen MR) is 366 cm³/mol.